The molecule has 0 saturated heterocycles. The van der Waals surface area contributed by atoms with Gasteiger partial charge in [-0.2, -0.15) is 0 Å². The van der Waals surface area contributed by atoms with Crippen molar-refractivity contribution in [2.24, 2.45) is 0 Å². The van der Waals surface area contributed by atoms with Gasteiger partial charge in [0, 0.05) is 5.69 Å². The van der Waals surface area contributed by atoms with Crippen molar-refractivity contribution in [3.63, 3.8) is 0 Å². The van der Waals surface area contributed by atoms with Gasteiger partial charge in [-0.05, 0) is 18.2 Å². The van der Waals surface area contributed by atoms with Crippen LogP contribution in [0.1, 0.15) is 11.0 Å². The third kappa shape index (κ3) is 3.42. The van der Waals surface area contributed by atoms with Crippen LogP contribution >= 0.6 is 22.9 Å². The summed E-state index contributed by atoms with van der Waals surface area (Å²) >= 11 is 6.96. The van der Waals surface area contributed by atoms with Gasteiger partial charge in [-0.1, -0.05) is 17.7 Å². The van der Waals surface area contributed by atoms with Crippen LogP contribution in [0.3, 0.4) is 0 Å². The van der Waals surface area contributed by atoms with Gasteiger partial charge in [0.25, 0.3) is 0 Å². The molecule has 4 nitrogen and oxygen atoms in total. The fourth-order valence-electron chi connectivity index (χ4n) is 1.48. The average Bonchev–Trinajstić information content (AvgIpc) is 2.81. The van der Waals surface area contributed by atoms with Crippen molar-refractivity contribution < 1.29 is 13.9 Å². The predicted octanol–water partition coefficient (Wildman–Crippen LogP) is 3.26. The molecule has 0 radical (unpaired) electrons. The molecular weight excluding hydrogens is 291 g/mol. The zero-order valence-electron chi connectivity index (χ0n) is 9.89. The van der Waals surface area contributed by atoms with Crippen molar-refractivity contribution in [3.05, 3.63) is 45.6 Å². The quantitative estimate of drug-likeness (QED) is 0.881. The summed E-state index contributed by atoms with van der Waals surface area (Å²) in [6.07, 6.45) is 1.45. The Labute approximate surface area is 118 Å². The van der Waals surface area contributed by atoms with Crippen LogP contribution in [0.4, 0.5) is 10.1 Å². The molecule has 1 aromatic carbocycles. The number of halogens is 2. The van der Waals surface area contributed by atoms with Crippen molar-refractivity contribution in [3.8, 4) is 0 Å². The van der Waals surface area contributed by atoms with Crippen LogP contribution in [0.5, 0.6) is 0 Å². The highest BCUT2D eigenvalue weighted by molar-refractivity contribution is 7.16. The third-order valence-corrected chi connectivity index (χ3v) is 3.49. The smallest absolute Gasteiger partial charge is 0.335 e. The number of nitrogens with zero attached hydrogens (tertiary/aromatic N) is 1. The van der Waals surface area contributed by atoms with Crippen molar-refractivity contribution in [1.29, 1.82) is 0 Å². The molecule has 100 valence electrons. The average molecular weight is 301 g/mol. The second kappa shape index (κ2) is 5.99. The topological polar surface area (TPSA) is 51.2 Å². The molecule has 0 aliphatic heterocycles. The molecule has 0 spiro atoms. The Kier molecular flexibility index (Phi) is 4.34. The number of methoxy groups -OCH3 is 1. The van der Waals surface area contributed by atoms with Crippen molar-refractivity contribution >= 4 is 34.6 Å². The Bertz CT molecular complexity index is 591. The van der Waals surface area contributed by atoms with Crippen LogP contribution in [-0.4, -0.2) is 18.1 Å². The number of anilines is 1. The molecule has 0 fully saturated rings. The molecule has 19 heavy (non-hydrogen) atoms. The Hall–Kier alpha value is -1.66. The van der Waals surface area contributed by atoms with Crippen molar-refractivity contribution in [1.82, 2.24) is 4.98 Å². The van der Waals surface area contributed by atoms with Crippen LogP contribution in [-0.2, 0) is 9.53 Å². The standard InChI is InChI=1S/C12H10ClFN2O2S/c1-18-12(17)10(11-15-6-9(13)19-11)16-8-4-2-3-7(14)5-8/h2-6,10,16H,1H3. The molecule has 1 aromatic heterocycles. The van der Waals surface area contributed by atoms with Crippen LogP contribution in [0, 0.1) is 5.82 Å². The number of rotatable bonds is 4. The maximum Gasteiger partial charge on any atom is 0.335 e. The third-order valence-electron chi connectivity index (χ3n) is 2.31. The molecule has 1 heterocycles. The minimum atomic E-state index is -0.815. The molecule has 0 saturated carbocycles. The summed E-state index contributed by atoms with van der Waals surface area (Å²) < 4.78 is 18.3. The van der Waals surface area contributed by atoms with Gasteiger partial charge in [-0.3, -0.25) is 0 Å². The molecule has 0 bridgehead atoms. The highest BCUT2D eigenvalue weighted by Crippen LogP contribution is 2.27. The van der Waals surface area contributed by atoms with Gasteiger partial charge < -0.3 is 10.1 Å². The first-order valence-electron chi connectivity index (χ1n) is 5.31. The SMILES string of the molecule is COC(=O)C(Nc1cccc(F)c1)c1ncc(Cl)s1. The molecular formula is C12H10ClFN2O2S. The number of esters is 1. The summed E-state index contributed by atoms with van der Waals surface area (Å²) in [6.45, 7) is 0. The number of carbonyl (C=O) groups excluding carboxylic acids is 1. The maximum absolute atomic E-state index is 13.1. The molecule has 1 atom stereocenters. The second-order valence-electron chi connectivity index (χ2n) is 3.61. The Morgan fingerprint density at radius 2 is 2.37 bits per heavy atom. The van der Waals surface area contributed by atoms with Crippen molar-refractivity contribution in [2.45, 2.75) is 6.04 Å². The van der Waals surface area contributed by atoms with Gasteiger partial charge in [-0.25, -0.2) is 14.2 Å². The van der Waals surface area contributed by atoms with Crippen LogP contribution in [0.25, 0.3) is 0 Å². The molecule has 0 aliphatic carbocycles. The number of nitrogens with one attached hydrogen (secondary N) is 1. The molecule has 2 rings (SSSR count). The van der Waals surface area contributed by atoms with E-state index in [2.05, 4.69) is 10.3 Å². The van der Waals surface area contributed by atoms with E-state index in [4.69, 9.17) is 16.3 Å². The van der Waals surface area contributed by atoms with E-state index in [-0.39, 0.29) is 0 Å². The zero-order chi connectivity index (χ0) is 13.8. The lowest BCUT2D eigenvalue weighted by Crippen LogP contribution is -2.22. The highest BCUT2D eigenvalue weighted by Gasteiger charge is 2.24. The summed E-state index contributed by atoms with van der Waals surface area (Å²) in [5, 5.41) is 3.33. The summed E-state index contributed by atoms with van der Waals surface area (Å²) in [5.41, 5.74) is 0.460. The summed E-state index contributed by atoms with van der Waals surface area (Å²) in [4.78, 5) is 15.8. The summed E-state index contributed by atoms with van der Waals surface area (Å²) in [5.74, 6) is -0.916. The van der Waals surface area contributed by atoms with Crippen LogP contribution in [0.2, 0.25) is 4.34 Å². The number of carbonyl (C=O) groups is 1. The number of hydrogen-bond donors (Lipinski definition) is 1. The molecule has 0 aliphatic rings. The minimum Gasteiger partial charge on any atom is -0.467 e. The molecule has 7 heteroatoms. The lowest BCUT2D eigenvalue weighted by Gasteiger charge is -2.15. The molecule has 0 amide bonds. The largest absolute Gasteiger partial charge is 0.467 e. The molecule has 2 aromatic rings. The normalized spacial score (nSPS) is 11.9. The number of thiazole rings is 1. The van der Waals surface area contributed by atoms with Gasteiger partial charge in [0.1, 0.15) is 15.2 Å². The Balaban J connectivity index is 2.26. The van der Waals surface area contributed by atoms with E-state index in [1.807, 2.05) is 0 Å². The first kappa shape index (κ1) is 13.8. The number of aromatic nitrogens is 1. The van der Waals surface area contributed by atoms with E-state index in [0.29, 0.717) is 15.0 Å². The fraction of sp³-hybridized carbons (Fsp3) is 0.167. The van der Waals surface area contributed by atoms with E-state index in [1.165, 1.54) is 25.4 Å². The monoisotopic (exact) mass is 300 g/mol. The van der Waals surface area contributed by atoms with Gasteiger partial charge in [0.15, 0.2) is 6.04 Å². The van der Waals surface area contributed by atoms with E-state index in [9.17, 15) is 9.18 Å². The summed E-state index contributed by atoms with van der Waals surface area (Å²) in [7, 11) is 1.28. The van der Waals surface area contributed by atoms with Crippen LogP contribution < -0.4 is 5.32 Å². The lowest BCUT2D eigenvalue weighted by atomic mass is 10.2. The fourth-order valence-corrected chi connectivity index (χ4v) is 2.45. The first-order valence-corrected chi connectivity index (χ1v) is 6.51. The Morgan fingerprint density at radius 3 is 2.95 bits per heavy atom. The first-order chi connectivity index (χ1) is 9.10. The number of hydrogen-bond acceptors (Lipinski definition) is 5. The van der Waals surface area contributed by atoms with Gasteiger partial charge in [-0.15, -0.1) is 11.3 Å². The van der Waals surface area contributed by atoms with E-state index in [1.54, 1.807) is 12.1 Å². The van der Waals surface area contributed by atoms with E-state index >= 15 is 0 Å². The summed E-state index contributed by atoms with van der Waals surface area (Å²) in [6, 6.07) is 4.98. The predicted molar refractivity (Wildman–Crippen MR) is 71.9 cm³/mol. The number of ether oxygens (including phenoxy) is 1. The molecule has 1 unspecified atom stereocenters. The maximum atomic E-state index is 13.1. The Morgan fingerprint density at radius 1 is 1.58 bits per heavy atom. The van der Waals surface area contributed by atoms with Gasteiger partial charge >= 0.3 is 5.97 Å². The van der Waals surface area contributed by atoms with E-state index < -0.39 is 17.8 Å². The molecule has 1 N–H and O–H groups in total. The van der Waals surface area contributed by atoms with E-state index in [0.717, 1.165) is 11.3 Å². The second-order valence-corrected chi connectivity index (χ2v) is 5.31. The number of benzene rings is 1. The zero-order valence-corrected chi connectivity index (χ0v) is 11.5. The lowest BCUT2D eigenvalue weighted by molar-refractivity contribution is -0.141. The van der Waals surface area contributed by atoms with Gasteiger partial charge in [0.2, 0.25) is 0 Å². The van der Waals surface area contributed by atoms with Crippen LogP contribution in [0.15, 0.2) is 30.5 Å². The van der Waals surface area contributed by atoms with Gasteiger partial charge in [0.05, 0.1) is 13.3 Å². The van der Waals surface area contributed by atoms with Crippen molar-refractivity contribution in [2.75, 3.05) is 12.4 Å². The highest BCUT2D eigenvalue weighted by atomic mass is 35.5. The minimum absolute atomic E-state index is 0.397.